The van der Waals surface area contributed by atoms with E-state index in [0.717, 1.165) is 6.07 Å². The van der Waals surface area contributed by atoms with E-state index in [-0.39, 0.29) is 27.1 Å². The van der Waals surface area contributed by atoms with Crippen LogP contribution in [0, 0.1) is 11.6 Å². The van der Waals surface area contributed by atoms with Gasteiger partial charge in [0.15, 0.2) is 17.7 Å². The Morgan fingerprint density at radius 3 is 2.43 bits per heavy atom. The predicted octanol–water partition coefficient (Wildman–Crippen LogP) is 2.77. The lowest BCUT2D eigenvalue weighted by atomic mass is 9.85. The highest BCUT2D eigenvalue weighted by Crippen LogP contribution is 2.38. The number of hydrogen-bond acceptors (Lipinski definition) is 9. The predicted molar refractivity (Wildman–Crippen MR) is 146 cm³/mol. The minimum Gasteiger partial charge on any atom is -0.494 e. The van der Waals surface area contributed by atoms with Gasteiger partial charge in [-0.05, 0) is 43.2 Å². The number of nitrogens with zero attached hydrogens (tertiary/aromatic N) is 4. The first-order valence-corrected chi connectivity index (χ1v) is 13.7. The number of amides is 1. The van der Waals surface area contributed by atoms with Crippen LogP contribution in [0.4, 0.5) is 14.5 Å². The zero-order chi connectivity index (χ0) is 30.3. The highest BCUT2D eigenvalue weighted by atomic mass is 35.5. The normalized spacial score (nSPS) is 27.4. The van der Waals surface area contributed by atoms with Gasteiger partial charge in [-0.3, -0.25) is 4.79 Å². The van der Waals surface area contributed by atoms with E-state index >= 15 is 0 Å². The van der Waals surface area contributed by atoms with E-state index in [0.29, 0.717) is 18.5 Å². The van der Waals surface area contributed by atoms with Crippen molar-refractivity contribution in [2.45, 2.75) is 55.4 Å². The number of hydrogen-bond donors (Lipinski definition) is 3. The SMILES string of the molecule is COc1cc(-c2cn(C3C(O)C(CO)OC(C(=O)N(c4cc(Cl)cc(Cl)c4)[C@H]4CC[C@@H]4O)C3OC)nn2)cc(F)c1F. The molecule has 7 atom stereocenters. The Morgan fingerprint density at radius 2 is 1.86 bits per heavy atom. The van der Waals surface area contributed by atoms with Gasteiger partial charge in [-0.2, -0.15) is 4.39 Å². The number of aromatic nitrogens is 3. The topological polar surface area (TPSA) is 139 Å². The number of rotatable bonds is 8. The molecule has 2 heterocycles. The number of aliphatic hydroxyl groups is 3. The molecule has 0 radical (unpaired) electrons. The third kappa shape index (κ3) is 5.57. The first-order chi connectivity index (χ1) is 20.1. The van der Waals surface area contributed by atoms with E-state index < -0.39 is 66.8 Å². The number of methoxy groups -OCH3 is 2. The molecular formula is C27H28Cl2F2N4O7. The molecule has 11 nitrogen and oxygen atoms in total. The van der Waals surface area contributed by atoms with E-state index in [1.165, 1.54) is 54.3 Å². The summed E-state index contributed by atoms with van der Waals surface area (Å²) in [7, 11) is 2.50. The van der Waals surface area contributed by atoms with Gasteiger partial charge in [-0.15, -0.1) is 5.10 Å². The van der Waals surface area contributed by atoms with Crippen LogP contribution in [0.5, 0.6) is 5.75 Å². The van der Waals surface area contributed by atoms with Crippen LogP contribution < -0.4 is 9.64 Å². The number of ether oxygens (including phenoxy) is 3. The molecule has 5 rings (SSSR count). The summed E-state index contributed by atoms with van der Waals surface area (Å²) in [4.78, 5) is 15.5. The molecule has 1 aliphatic carbocycles. The highest BCUT2D eigenvalue weighted by molar-refractivity contribution is 6.35. The standard InChI is InChI=1S/C27H28Cl2F2N4O7/c1-40-20-6-12(5-16(30)22(20)31)17-10-34(33-32-17)23-24(38)21(11-36)42-26(25(23)41-2)27(39)35(18-3-4-19(18)37)15-8-13(28)7-14(29)9-15/h5-10,18-19,21,23-26,36-38H,3-4,11H2,1-2H3/t18-,19-,21?,23?,24?,25?,26?/m0/s1. The Bertz CT molecular complexity index is 1440. The molecule has 0 spiro atoms. The maximum Gasteiger partial charge on any atom is 0.259 e. The van der Waals surface area contributed by atoms with Gasteiger partial charge in [0.2, 0.25) is 5.82 Å². The molecule has 226 valence electrons. The van der Waals surface area contributed by atoms with E-state index in [1.807, 2.05) is 0 Å². The largest absolute Gasteiger partial charge is 0.494 e. The van der Waals surface area contributed by atoms with Crippen LogP contribution in [-0.4, -0.2) is 93.6 Å². The van der Waals surface area contributed by atoms with Gasteiger partial charge in [0.1, 0.15) is 30.0 Å². The van der Waals surface area contributed by atoms with Crippen LogP contribution in [0.2, 0.25) is 10.0 Å². The minimum absolute atomic E-state index is 0.108. The highest BCUT2D eigenvalue weighted by Gasteiger charge is 2.52. The van der Waals surface area contributed by atoms with Crippen molar-refractivity contribution in [3.8, 4) is 17.0 Å². The molecule has 5 unspecified atom stereocenters. The van der Waals surface area contributed by atoms with Crippen LogP contribution in [-0.2, 0) is 14.3 Å². The van der Waals surface area contributed by atoms with Gasteiger partial charge in [0.25, 0.3) is 5.91 Å². The number of benzene rings is 2. The number of halogens is 4. The number of aliphatic hydroxyl groups excluding tert-OH is 3. The molecule has 2 aromatic carbocycles. The van der Waals surface area contributed by atoms with E-state index in [2.05, 4.69) is 10.3 Å². The maximum absolute atomic E-state index is 14.2. The summed E-state index contributed by atoms with van der Waals surface area (Å²) in [6.07, 6.45) is -3.76. The van der Waals surface area contributed by atoms with Gasteiger partial charge in [0, 0.05) is 28.4 Å². The zero-order valence-corrected chi connectivity index (χ0v) is 23.9. The summed E-state index contributed by atoms with van der Waals surface area (Å²) >= 11 is 12.4. The number of carbonyl (C=O) groups excluding carboxylic acids is 1. The molecule has 3 N–H and O–H groups in total. The van der Waals surface area contributed by atoms with Crippen molar-refractivity contribution < 1.29 is 43.1 Å². The van der Waals surface area contributed by atoms with Crippen molar-refractivity contribution in [2.75, 3.05) is 25.7 Å². The summed E-state index contributed by atoms with van der Waals surface area (Å²) in [6.45, 7) is -0.658. The average Bonchev–Trinajstić information content (AvgIpc) is 3.44. The summed E-state index contributed by atoms with van der Waals surface area (Å²) in [5, 5.41) is 40.4. The van der Waals surface area contributed by atoms with Gasteiger partial charge < -0.3 is 34.4 Å². The molecule has 1 saturated carbocycles. The first-order valence-electron chi connectivity index (χ1n) is 13.0. The molecule has 2 aliphatic rings. The van der Waals surface area contributed by atoms with Crippen molar-refractivity contribution in [2.24, 2.45) is 0 Å². The fraction of sp³-hybridized carbons (Fsp3) is 0.444. The maximum atomic E-state index is 14.2. The lowest BCUT2D eigenvalue weighted by Crippen LogP contribution is -2.64. The molecule has 2 fully saturated rings. The molecule has 42 heavy (non-hydrogen) atoms. The summed E-state index contributed by atoms with van der Waals surface area (Å²) in [6, 6.07) is 4.96. The molecule has 3 aromatic rings. The van der Waals surface area contributed by atoms with Crippen LogP contribution >= 0.6 is 23.2 Å². The van der Waals surface area contributed by atoms with Crippen molar-refractivity contribution >= 4 is 34.8 Å². The quantitative estimate of drug-likeness (QED) is 0.343. The number of anilines is 1. The second kappa shape index (κ2) is 12.4. The third-order valence-corrected chi connectivity index (χ3v) is 8.04. The molecule has 1 aliphatic heterocycles. The molecule has 1 amide bonds. The Kier molecular flexibility index (Phi) is 8.99. The Hall–Kier alpha value is -2.91. The first kappa shape index (κ1) is 30.5. The van der Waals surface area contributed by atoms with Crippen LogP contribution in [0.25, 0.3) is 11.3 Å². The van der Waals surface area contributed by atoms with Gasteiger partial charge >= 0.3 is 0 Å². The Balaban J connectivity index is 1.53. The third-order valence-electron chi connectivity index (χ3n) is 7.61. The molecule has 15 heteroatoms. The van der Waals surface area contributed by atoms with Crippen LogP contribution in [0.1, 0.15) is 18.9 Å². The van der Waals surface area contributed by atoms with E-state index in [9.17, 15) is 28.9 Å². The van der Waals surface area contributed by atoms with Crippen molar-refractivity contribution in [1.82, 2.24) is 15.0 Å². The molecule has 1 saturated heterocycles. The zero-order valence-electron chi connectivity index (χ0n) is 22.4. The minimum atomic E-state index is -1.43. The monoisotopic (exact) mass is 628 g/mol. The second-order valence-corrected chi connectivity index (χ2v) is 10.9. The van der Waals surface area contributed by atoms with Gasteiger partial charge in [-0.25, -0.2) is 9.07 Å². The van der Waals surface area contributed by atoms with Gasteiger partial charge in [-0.1, -0.05) is 28.4 Å². The van der Waals surface area contributed by atoms with Crippen molar-refractivity contribution in [3.05, 3.63) is 58.2 Å². The smallest absolute Gasteiger partial charge is 0.259 e. The summed E-state index contributed by atoms with van der Waals surface area (Å²) in [5.41, 5.74) is 0.567. The lowest BCUT2D eigenvalue weighted by Gasteiger charge is -2.47. The summed E-state index contributed by atoms with van der Waals surface area (Å²) < 4.78 is 45.9. The lowest BCUT2D eigenvalue weighted by molar-refractivity contribution is -0.211. The molecule has 0 bridgehead atoms. The van der Waals surface area contributed by atoms with Gasteiger partial charge in [0.05, 0.1) is 32.1 Å². The van der Waals surface area contributed by atoms with E-state index in [1.54, 1.807) is 0 Å². The summed E-state index contributed by atoms with van der Waals surface area (Å²) in [5.74, 6) is -3.30. The Morgan fingerprint density at radius 1 is 1.14 bits per heavy atom. The Labute approximate surface area is 249 Å². The van der Waals surface area contributed by atoms with Crippen molar-refractivity contribution in [1.29, 1.82) is 0 Å². The molecule has 1 aromatic heterocycles. The number of carbonyl (C=O) groups is 1. The van der Waals surface area contributed by atoms with Crippen LogP contribution in [0.15, 0.2) is 36.5 Å². The average molecular weight is 629 g/mol. The van der Waals surface area contributed by atoms with Crippen molar-refractivity contribution in [3.63, 3.8) is 0 Å². The molecular weight excluding hydrogens is 601 g/mol. The van der Waals surface area contributed by atoms with Crippen LogP contribution in [0.3, 0.4) is 0 Å². The fourth-order valence-corrected chi connectivity index (χ4v) is 5.85. The second-order valence-electron chi connectivity index (χ2n) is 10.1. The van der Waals surface area contributed by atoms with E-state index in [4.69, 9.17) is 37.4 Å². The fourth-order valence-electron chi connectivity index (χ4n) is 5.34.